The lowest BCUT2D eigenvalue weighted by Crippen LogP contribution is -2.55. The van der Waals surface area contributed by atoms with E-state index in [0.29, 0.717) is 18.7 Å². The summed E-state index contributed by atoms with van der Waals surface area (Å²) < 4.78 is 5.22. The lowest BCUT2D eigenvalue weighted by molar-refractivity contribution is -0.153. The number of likely N-dealkylation sites (tertiary alicyclic amines) is 1. The van der Waals surface area contributed by atoms with Gasteiger partial charge in [0.05, 0.1) is 18.8 Å². The predicted molar refractivity (Wildman–Crippen MR) is 86.3 cm³/mol. The van der Waals surface area contributed by atoms with Crippen LogP contribution in [0.4, 0.5) is 0 Å². The minimum absolute atomic E-state index is 0.0228. The van der Waals surface area contributed by atoms with Crippen molar-refractivity contribution in [3.05, 3.63) is 23.8 Å². The van der Waals surface area contributed by atoms with Crippen LogP contribution in [0.2, 0.25) is 0 Å². The number of ether oxygens (including phenoxy) is 1. The topological polar surface area (TPSA) is 70.0 Å². The molecule has 5 heteroatoms. The Labute approximate surface area is 136 Å². The molecule has 1 aliphatic carbocycles. The second kappa shape index (κ2) is 6.04. The Hall–Kier alpha value is -1.75. The number of aliphatic hydroxyl groups is 1. The van der Waals surface area contributed by atoms with Gasteiger partial charge in [-0.15, -0.1) is 0 Å². The van der Waals surface area contributed by atoms with Gasteiger partial charge in [0, 0.05) is 19.4 Å². The summed E-state index contributed by atoms with van der Waals surface area (Å²) in [7, 11) is 1.51. The van der Waals surface area contributed by atoms with Crippen molar-refractivity contribution in [3.8, 4) is 11.5 Å². The highest BCUT2D eigenvalue weighted by atomic mass is 16.5. The summed E-state index contributed by atoms with van der Waals surface area (Å²) >= 11 is 0. The van der Waals surface area contributed by atoms with Crippen molar-refractivity contribution < 1.29 is 19.7 Å². The van der Waals surface area contributed by atoms with Gasteiger partial charge in [-0.25, -0.2) is 0 Å². The van der Waals surface area contributed by atoms with E-state index in [9.17, 15) is 15.0 Å². The summed E-state index contributed by atoms with van der Waals surface area (Å²) in [5.41, 5.74) is 0.222. The van der Waals surface area contributed by atoms with Crippen LogP contribution in [0.15, 0.2) is 18.2 Å². The molecule has 0 aromatic heterocycles. The van der Waals surface area contributed by atoms with Crippen LogP contribution in [-0.2, 0) is 4.79 Å². The van der Waals surface area contributed by atoms with Crippen LogP contribution in [-0.4, -0.2) is 40.3 Å². The lowest BCUT2D eigenvalue weighted by Gasteiger charge is -2.52. The Kier molecular flexibility index (Phi) is 4.23. The summed E-state index contributed by atoms with van der Waals surface area (Å²) in [5.74, 6) is 0.536. The van der Waals surface area contributed by atoms with Crippen LogP contribution in [0.25, 0.3) is 0 Å². The zero-order valence-corrected chi connectivity index (χ0v) is 13.8. The first-order chi connectivity index (χ1) is 11.0. The molecule has 2 aliphatic rings. The fourth-order valence-corrected chi connectivity index (χ4v) is 4.33. The first-order valence-electron chi connectivity index (χ1n) is 8.33. The minimum atomic E-state index is -0.694. The predicted octanol–water partition coefficient (Wildman–Crippen LogP) is 2.62. The average Bonchev–Trinajstić information content (AvgIpc) is 2.53. The number of nitrogens with zero attached hydrogens (tertiary/aromatic N) is 1. The summed E-state index contributed by atoms with van der Waals surface area (Å²) in [6.07, 6.45) is 4.47. The maximum atomic E-state index is 12.1. The van der Waals surface area contributed by atoms with Crippen molar-refractivity contribution in [2.75, 3.05) is 13.7 Å². The molecule has 3 unspecified atom stereocenters. The summed E-state index contributed by atoms with van der Waals surface area (Å²) in [6.45, 7) is 2.15. The monoisotopic (exact) mass is 319 g/mol. The van der Waals surface area contributed by atoms with Crippen molar-refractivity contribution in [2.24, 2.45) is 5.92 Å². The van der Waals surface area contributed by atoms with Gasteiger partial charge in [-0.3, -0.25) is 4.79 Å². The van der Waals surface area contributed by atoms with Gasteiger partial charge in [0.1, 0.15) is 0 Å². The van der Waals surface area contributed by atoms with Gasteiger partial charge in [0.15, 0.2) is 11.5 Å². The normalized spacial score (nSPS) is 30.7. The van der Waals surface area contributed by atoms with Crippen LogP contribution in [0, 0.1) is 5.92 Å². The lowest BCUT2D eigenvalue weighted by atomic mass is 9.66. The standard InChI is InChI=1S/C18H25NO4/c1-12(20)19-10-9-18(22)8-4-3-5-14(18)17(19)13-6-7-15(21)16(11-13)23-2/h6-7,11,14,17,21-22H,3-5,8-10H2,1-2H3. The van der Waals surface area contributed by atoms with Crippen molar-refractivity contribution in [1.29, 1.82) is 0 Å². The molecule has 0 bridgehead atoms. The quantitative estimate of drug-likeness (QED) is 0.879. The van der Waals surface area contributed by atoms with Crippen molar-refractivity contribution >= 4 is 5.91 Å². The van der Waals surface area contributed by atoms with E-state index >= 15 is 0 Å². The van der Waals surface area contributed by atoms with E-state index in [0.717, 1.165) is 31.2 Å². The molecule has 2 fully saturated rings. The Balaban J connectivity index is 2.04. The number of aromatic hydroxyl groups is 1. The molecule has 1 aromatic carbocycles. The smallest absolute Gasteiger partial charge is 0.219 e. The van der Waals surface area contributed by atoms with Gasteiger partial charge >= 0.3 is 0 Å². The third-order valence-corrected chi connectivity index (χ3v) is 5.52. The largest absolute Gasteiger partial charge is 0.504 e. The maximum Gasteiger partial charge on any atom is 0.219 e. The van der Waals surface area contributed by atoms with Crippen LogP contribution in [0.5, 0.6) is 11.5 Å². The molecular formula is C18H25NO4. The molecule has 0 spiro atoms. The van der Waals surface area contributed by atoms with Gasteiger partial charge in [-0.2, -0.15) is 0 Å². The molecule has 1 saturated heterocycles. The van der Waals surface area contributed by atoms with E-state index in [2.05, 4.69) is 0 Å². The third kappa shape index (κ3) is 2.78. The Morgan fingerprint density at radius 3 is 2.83 bits per heavy atom. The zero-order chi connectivity index (χ0) is 16.6. The van der Waals surface area contributed by atoms with Gasteiger partial charge in [0.2, 0.25) is 5.91 Å². The maximum absolute atomic E-state index is 12.1. The van der Waals surface area contributed by atoms with E-state index in [1.807, 2.05) is 11.0 Å². The van der Waals surface area contributed by atoms with E-state index in [4.69, 9.17) is 4.74 Å². The molecule has 5 nitrogen and oxygen atoms in total. The molecule has 3 atom stereocenters. The number of rotatable bonds is 2. The number of hydrogen-bond donors (Lipinski definition) is 2. The van der Waals surface area contributed by atoms with Crippen LogP contribution < -0.4 is 4.74 Å². The molecule has 23 heavy (non-hydrogen) atoms. The SMILES string of the molecule is COc1cc(C2C3CCCCC3(O)CCN2C(C)=O)ccc1O. The van der Waals surface area contributed by atoms with Crippen molar-refractivity contribution in [2.45, 2.75) is 50.7 Å². The van der Waals surface area contributed by atoms with Gasteiger partial charge in [-0.05, 0) is 37.0 Å². The third-order valence-electron chi connectivity index (χ3n) is 5.52. The highest BCUT2D eigenvalue weighted by Crippen LogP contribution is 2.50. The Morgan fingerprint density at radius 2 is 2.13 bits per heavy atom. The minimum Gasteiger partial charge on any atom is -0.504 e. The summed E-state index contributed by atoms with van der Waals surface area (Å²) in [5, 5.41) is 20.9. The number of fused-ring (bicyclic) bond motifs is 1. The van der Waals surface area contributed by atoms with E-state index in [-0.39, 0.29) is 23.6 Å². The molecule has 1 aliphatic heterocycles. The molecule has 1 heterocycles. The molecule has 126 valence electrons. The Morgan fingerprint density at radius 1 is 1.35 bits per heavy atom. The molecule has 1 amide bonds. The highest BCUT2D eigenvalue weighted by Gasteiger charge is 2.49. The summed E-state index contributed by atoms with van der Waals surface area (Å²) in [6, 6.07) is 5.05. The van der Waals surface area contributed by atoms with Crippen molar-refractivity contribution in [3.63, 3.8) is 0 Å². The van der Waals surface area contributed by atoms with Gasteiger partial charge in [0.25, 0.3) is 0 Å². The van der Waals surface area contributed by atoms with E-state index in [1.165, 1.54) is 7.11 Å². The number of piperidine rings is 1. The summed E-state index contributed by atoms with van der Waals surface area (Å²) in [4.78, 5) is 14.0. The second-order valence-corrected chi connectivity index (χ2v) is 6.79. The number of amides is 1. The van der Waals surface area contributed by atoms with Gasteiger partial charge in [-0.1, -0.05) is 18.9 Å². The molecule has 0 radical (unpaired) electrons. The fourth-order valence-electron chi connectivity index (χ4n) is 4.33. The average molecular weight is 319 g/mol. The first kappa shape index (κ1) is 16.1. The highest BCUT2D eigenvalue weighted by molar-refractivity contribution is 5.74. The van der Waals surface area contributed by atoms with E-state index < -0.39 is 5.60 Å². The molecule has 1 aromatic rings. The number of carbonyl (C=O) groups is 1. The molecule has 3 rings (SSSR count). The van der Waals surface area contributed by atoms with Crippen LogP contribution in [0.3, 0.4) is 0 Å². The first-order valence-corrected chi connectivity index (χ1v) is 8.33. The molecular weight excluding hydrogens is 294 g/mol. The van der Waals surface area contributed by atoms with Gasteiger partial charge < -0.3 is 19.8 Å². The number of benzene rings is 1. The number of methoxy groups -OCH3 is 1. The molecule has 2 N–H and O–H groups in total. The second-order valence-electron chi connectivity index (χ2n) is 6.79. The zero-order valence-electron chi connectivity index (χ0n) is 13.8. The van der Waals surface area contributed by atoms with Crippen LogP contribution in [0.1, 0.15) is 50.6 Å². The van der Waals surface area contributed by atoms with E-state index in [1.54, 1.807) is 19.1 Å². The number of phenolic OH excluding ortho intramolecular Hbond substituents is 1. The fraction of sp³-hybridized carbons (Fsp3) is 0.611. The van der Waals surface area contributed by atoms with Crippen LogP contribution >= 0.6 is 0 Å². The number of phenols is 1. The number of carbonyl (C=O) groups excluding carboxylic acids is 1. The van der Waals surface area contributed by atoms with Crippen molar-refractivity contribution in [1.82, 2.24) is 4.90 Å². The number of hydrogen-bond acceptors (Lipinski definition) is 4. The Bertz CT molecular complexity index is 603. The molecule has 1 saturated carbocycles.